The predicted octanol–water partition coefficient (Wildman–Crippen LogP) is 0.476. The molecule has 3 rings (SSSR count). The van der Waals surface area contributed by atoms with Gasteiger partial charge in [-0.25, -0.2) is 8.42 Å². The molecule has 2 aromatic rings. The van der Waals surface area contributed by atoms with Crippen LogP contribution in [0.3, 0.4) is 0 Å². The molecule has 0 saturated carbocycles. The average Bonchev–Trinajstić information content (AvgIpc) is 2.74. The molecular formula is C20H25N2O5S+. The van der Waals surface area contributed by atoms with E-state index in [-0.39, 0.29) is 10.7 Å². The van der Waals surface area contributed by atoms with E-state index in [2.05, 4.69) is 0 Å². The first kappa shape index (κ1) is 20.3. The summed E-state index contributed by atoms with van der Waals surface area (Å²) in [6, 6.07) is 13.4. The van der Waals surface area contributed by atoms with Crippen molar-refractivity contribution in [2.24, 2.45) is 0 Å². The second kappa shape index (κ2) is 8.72. The monoisotopic (exact) mass is 405 g/mol. The summed E-state index contributed by atoms with van der Waals surface area (Å²) in [6.45, 7) is 2.32. The van der Waals surface area contributed by atoms with Crippen molar-refractivity contribution >= 4 is 15.8 Å². The topological polar surface area (TPSA) is 77.4 Å². The van der Waals surface area contributed by atoms with Gasteiger partial charge in [0.1, 0.15) is 18.0 Å². The molecular weight excluding hydrogens is 380 g/mol. The highest BCUT2D eigenvalue weighted by atomic mass is 32.2. The Morgan fingerprint density at radius 1 is 0.929 bits per heavy atom. The Balaban J connectivity index is 1.57. The summed E-state index contributed by atoms with van der Waals surface area (Å²) in [5.41, 5.74) is 0.640. The van der Waals surface area contributed by atoms with Crippen LogP contribution in [0.4, 0.5) is 0 Å². The molecule has 1 aliphatic heterocycles. The second-order valence-electron chi connectivity index (χ2n) is 6.66. The number of hydrogen-bond acceptors (Lipinski definition) is 5. The number of carbonyl (C=O) groups excluding carboxylic acids is 1. The van der Waals surface area contributed by atoms with Gasteiger partial charge in [0.25, 0.3) is 0 Å². The maximum atomic E-state index is 12.8. The van der Waals surface area contributed by atoms with Crippen LogP contribution in [-0.2, 0) is 10.0 Å². The van der Waals surface area contributed by atoms with Crippen molar-refractivity contribution in [2.75, 3.05) is 46.9 Å². The number of carbonyl (C=O) groups is 1. The molecule has 1 saturated heterocycles. The van der Waals surface area contributed by atoms with Crippen LogP contribution in [0.5, 0.6) is 11.5 Å². The minimum atomic E-state index is -3.53. The summed E-state index contributed by atoms with van der Waals surface area (Å²) < 4.78 is 37.3. The van der Waals surface area contributed by atoms with Gasteiger partial charge < -0.3 is 14.4 Å². The lowest BCUT2D eigenvalue weighted by molar-refractivity contribution is -0.895. The van der Waals surface area contributed by atoms with Crippen LogP contribution in [0, 0.1) is 0 Å². The SMILES string of the molecule is COc1ccc(C(=O)C[NH+]2CCN(S(=O)(=O)c3ccc(OC)cc3)CC2)cc1. The fourth-order valence-electron chi connectivity index (χ4n) is 3.22. The van der Waals surface area contributed by atoms with E-state index in [4.69, 9.17) is 9.47 Å². The fourth-order valence-corrected chi connectivity index (χ4v) is 4.66. The van der Waals surface area contributed by atoms with Crippen molar-refractivity contribution in [1.82, 2.24) is 4.31 Å². The number of piperazine rings is 1. The highest BCUT2D eigenvalue weighted by Crippen LogP contribution is 2.19. The molecule has 7 nitrogen and oxygen atoms in total. The number of quaternary nitrogens is 1. The van der Waals surface area contributed by atoms with Gasteiger partial charge in [-0.05, 0) is 48.5 Å². The van der Waals surface area contributed by atoms with Gasteiger partial charge in [0, 0.05) is 5.56 Å². The van der Waals surface area contributed by atoms with Crippen molar-refractivity contribution in [3.8, 4) is 11.5 Å². The van der Waals surface area contributed by atoms with Gasteiger partial charge in [0.05, 0.1) is 45.3 Å². The van der Waals surface area contributed by atoms with Crippen LogP contribution < -0.4 is 14.4 Å². The molecule has 0 unspecified atom stereocenters. The summed E-state index contributed by atoms with van der Waals surface area (Å²) in [5, 5.41) is 0. The van der Waals surface area contributed by atoms with Crippen molar-refractivity contribution in [1.29, 1.82) is 0 Å². The molecule has 8 heteroatoms. The molecule has 28 heavy (non-hydrogen) atoms. The lowest BCUT2D eigenvalue weighted by Gasteiger charge is -2.31. The number of hydrogen-bond donors (Lipinski definition) is 1. The van der Waals surface area contributed by atoms with E-state index >= 15 is 0 Å². The van der Waals surface area contributed by atoms with Crippen LogP contribution >= 0.6 is 0 Å². The largest absolute Gasteiger partial charge is 0.497 e. The number of ketones is 1. The zero-order valence-electron chi connectivity index (χ0n) is 16.1. The molecule has 1 aliphatic rings. The Bertz CT molecular complexity index is 903. The molecule has 0 spiro atoms. The molecule has 0 amide bonds. The quantitative estimate of drug-likeness (QED) is 0.678. The van der Waals surface area contributed by atoms with Crippen molar-refractivity contribution in [2.45, 2.75) is 4.90 Å². The first-order valence-corrected chi connectivity index (χ1v) is 10.5. The van der Waals surface area contributed by atoms with E-state index in [1.54, 1.807) is 62.8 Å². The number of methoxy groups -OCH3 is 2. The number of nitrogens with zero attached hydrogens (tertiary/aromatic N) is 1. The smallest absolute Gasteiger partial charge is 0.243 e. The summed E-state index contributed by atoms with van der Waals surface area (Å²) in [4.78, 5) is 13.8. The Morgan fingerprint density at radius 3 is 1.93 bits per heavy atom. The summed E-state index contributed by atoms with van der Waals surface area (Å²) in [5.74, 6) is 1.37. The standard InChI is InChI=1S/C20H24N2O5S/c1-26-17-5-3-16(4-6-17)20(23)15-21-11-13-22(14-12-21)28(24,25)19-9-7-18(27-2)8-10-19/h3-10H,11-15H2,1-2H3/p+1. The predicted molar refractivity (Wildman–Crippen MR) is 105 cm³/mol. The normalized spacial score (nSPS) is 15.9. The Morgan fingerprint density at radius 2 is 1.43 bits per heavy atom. The van der Waals surface area contributed by atoms with Crippen LogP contribution in [0.2, 0.25) is 0 Å². The molecule has 0 bridgehead atoms. The zero-order chi connectivity index (χ0) is 20.1. The molecule has 1 fully saturated rings. The fraction of sp³-hybridized carbons (Fsp3) is 0.350. The van der Waals surface area contributed by atoms with Gasteiger partial charge in [0.15, 0.2) is 0 Å². The first-order valence-electron chi connectivity index (χ1n) is 9.09. The van der Waals surface area contributed by atoms with E-state index in [0.29, 0.717) is 49.8 Å². The van der Waals surface area contributed by atoms with Crippen LogP contribution in [-0.4, -0.2) is 65.4 Å². The molecule has 1 N–H and O–H groups in total. The highest BCUT2D eigenvalue weighted by molar-refractivity contribution is 7.89. The van der Waals surface area contributed by atoms with E-state index < -0.39 is 10.0 Å². The molecule has 1 heterocycles. The zero-order valence-corrected chi connectivity index (χ0v) is 16.9. The molecule has 2 aromatic carbocycles. The summed E-state index contributed by atoms with van der Waals surface area (Å²) in [7, 11) is -0.409. The Labute approximate surface area is 165 Å². The minimum absolute atomic E-state index is 0.0455. The van der Waals surface area contributed by atoms with Gasteiger partial charge in [-0.15, -0.1) is 0 Å². The number of ether oxygens (including phenoxy) is 2. The molecule has 0 radical (unpaired) electrons. The van der Waals surface area contributed by atoms with E-state index in [1.165, 1.54) is 4.31 Å². The first-order chi connectivity index (χ1) is 13.4. The number of rotatable bonds is 7. The lowest BCUT2D eigenvalue weighted by atomic mass is 10.1. The molecule has 0 aromatic heterocycles. The van der Waals surface area contributed by atoms with E-state index in [1.807, 2.05) is 0 Å². The molecule has 0 atom stereocenters. The van der Waals surface area contributed by atoms with Crippen molar-refractivity contribution in [3.05, 3.63) is 54.1 Å². The van der Waals surface area contributed by atoms with Crippen molar-refractivity contribution < 1.29 is 27.6 Å². The van der Waals surface area contributed by atoms with Gasteiger partial charge in [0.2, 0.25) is 15.8 Å². The maximum absolute atomic E-state index is 12.8. The second-order valence-corrected chi connectivity index (χ2v) is 8.60. The molecule has 150 valence electrons. The van der Waals surface area contributed by atoms with Gasteiger partial charge in [-0.1, -0.05) is 0 Å². The van der Waals surface area contributed by atoms with Gasteiger partial charge in [-0.2, -0.15) is 4.31 Å². The number of Topliss-reactive ketones (excluding diaryl/α,β-unsaturated/α-hetero) is 1. The summed E-state index contributed by atoms with van der Waals surface area (Å²) >= 11 is 0. The highest BCUT2D eigenvalue weighted by Gasteiger charge is 2.31. The Hall–Kier alpha value is -2.42. The third kappa shape index (κ3) is 4.52. The Kier molecular flexibility index (Phi) is 6.33. The number of benzene rings is 2. The maximum Gasteiger partial charge on any atom is 0.243 e. The number of nitrogens with one attached hydrogen (secondary N) is 1. The number of sulfonamides is 1. The van der Waals surface area contributed by atoms with Gasteiger partial charge >= 0.3 is 0 Å². The van der Waals surface area contributed by atoms with E-state index in [0.717, 1.165) is 4.90 Å². The summed E-state index contributed by atoms with van der Waals surface area (Å²) in [6.07, 6.45) is 0. The van der Waals surface area contributed by atoms with Crippen LogP contribution in [0.1, 0.15) is 10.4 Å². The lowest BCUT2D eigenvalue weighted by Crippen LogP contribution is -3.15. The third-order valence-corrected chi connectivity index (χ3v) is 6.86. The minimum Gasteiger partial charge on any atom is -0.497 e. The van der Waals surface area contributed by atoms with Crippen LogP contribution in [0.25, 0.3) is 0 Å². The third-order valence-electron chi connectivity index (χ3n) is 4.95. The van der Waals surface area contributed by atoms with Crippen LogP contribution in [0.15, 0.2) is 53.4 Å². The van der Waals surface area contributed by atoms with Crippen molar-refractivity contribution in [3.63, 3.8) is 0 Å². The van der Waals surface area contributed by atoms with E-state index in [9.17, 15) is 13.2 Å². The molecule has 0 aliphatic carbocycles. The van der Waals surface area contributed by atoms with Gasteiger partial charge in [-0.3, -0.25) is 4.79 Å². The average molecular weight is 405 g/mol.